The zero-order chi connectivity index (χ0) is 18.3. The van der Waals surface area contributed by atoms with E-state index >= 15 is 0 Å². The van der Waals surface area contributed by atoms with Gasteiger partial charge < -0.3 is 20.7 Å². The number of benzene rings is 1. The summed E-state index contributed by atoms with van der Waals surface area (Å²) in [6, 6.07) is 6.11. The SMILES string of the molecule is CC[C@](C)(NC(=O)c1ccc(NC(=O)NC(C)C)cc1)C(=O)OC. The van der Waals surface area contributed by atoms with Gasteiger partial charge in [-0.3, -0.25) is 4.79 Å². The van der Waals surface area contributed by atoms with Crippen molar-refractivity contribution in [1.82, 2.24) is 10.6 Å². The molecule has 0 saturated heterocycles. The Balaban J connectivity index is 2.76. The molecule has 3 N–H and O–H groups in total. The number of esters is 1. The first-order valence-electron chi connectivity index (χ1n) is 7.80. The Labute approximate surface area is 142 Å². The summed E-state index contributed by atoms with van der Waals surface area (Å²) in [6.45, 7) is 7.12. The summed E-state index contributed by atoms with van der Waals surface area (Å²) in [5, 5.41) is 8.06. The van der Waals surface area contributed by atoms with Gasteiger partial charge in [0.05, 0.1) is 7.11 Å². The molecule has 0 saturated carbocycles. The maximum atomic E-state index is 12.3. The molecule has 0 heterocycles. The fourth-order valence-electron chi connectivity index (χ4n) is 1.97. The summed E-state index contributed by atoms with van der Waals surface area (Å²) < 4.78 is 4.73. The van der Waals surface area contributed by atoms with Crippen LogP contribution in [0.4, 0.5) is 10.5 Å². The Morgan fingerprint density at radius 1 is 1.17 bits per heavy atom. The molecule has 0 spiro atoms. The van der Waals surface area contributed by atoms with Crippen LogP contribution in [0.5, 0.6) is 0 Å². The molecule has 0 unspecified atom stereocenters. The normalized spacial score (nSPS) is 12.9. The quantitative estimate of drug-likeness (QED) is 0.695. The van der Waals surface area contributed by atoms with E-state index in [2.05, 4.69) is 16.0 Å². The van der Waals surface area contributed by atoms with Crippen LogP contribution >= 0.6 is 0 Å². The van der Waals surface area contributed by atoms with Crippen molar-refractivity contribution in [3.8, 4) is 0 Å². The minimum atomic E-state index is -1.08. The number of carbonyl (C=O) groups excluding carboxylic acids is 3. The summed E-state index contributed by atoms with van der Waals surface area (Å²) in [4.78, 5) is 35.7. The maximum Gasteiger partial charge on any atom is 0.331 e. The van der Waals surface area contributed by atoms with Crippen molar-refractivity contribution in [2.75, 3.05) is 12.4 Å². The standard InChI is InChI=1S/C17H25N3O4/c1-6-17(4,15(22)24-5)20-14(21)12-7-9-13(10-8-12)19-16(23)18-11(2)3/h7-11H,6H2,1-5H3,(H,20,21)(H2,18,19,23)/t17-/m0/s1. The van der Waals surface area contributed by atoms with Crippen LogP contribution in [0.1, 0.15) is 44.5 Å². The molecule has 0 aliphatic heterocycles. The summed E-state index contributed by atoms with van der Waals surface area (Å²) in [5.74, 6) is -0.884. The lowest BCUT2D eigenvalue weighted by atomic mass is 9.98. The summed E-state index contributed by atoms with van der Waals surface area (Å²) in [6.07, 6.45) is 0.403. The fraction of sp³-hybridized carbons (Fsp3) is 0.471. The minimum Gasteiger partial charge on any atom is -0.467 e. The highest BCUT2D eigenvalue weighted by atomic mass is 16.5. The molecule has 1 aromatic rings. The Morgan fingerprint density at radius 2 is 1.75 bits per heavy atom. The van der Waals surface area contributed by atoms with Crippen molar-refractivity contribution in [3.63, 3.8) is 0 Å². The van der Waals surface area contributed by atoms with Gasteiger partial charge >= 0.3 is 12.0 Å². The number of urea groups is 1. The topological polar surface area (TPSA) is 96.5 Å². The molecule has 7 nitrogen and oxygen atoms in total. The lowest BCUT2D eigenvalue weighted by Gasteiger charge is -2.26. The van der Waals surface area contributed by atoms with E-state index in [0.29, 0.717) is 17.7 Å². The first kappa shape index (κ1) is 19.5. The third-order valence-corrected chi connectivity index (χ3v) is 3.56. The average molecular weight is 335 g/mol. The second-order valence-electron chi connectivity index (χ2n) is 5.96. The second-order valence-corrected chi connectivity index (χ2v) is 5.96. The van der Waals surface area contributed by atoms with Gasteiger partial charge in [0.25, 0.3) is 5.91 Å². The third-order valence-electron chi connectivity index (χ3n) is 3.56. The van der Waals surface area contributed by atoms with Crippen LogP contribution in [0.3, 0.4) is 0 Å². The Morgan fingerprint density at radius 3 is 2.21 bits per heavy atom. The molecular formula is C17H25N3O4. The number of methoxy groups -OCH3 is 1. The molecule has 0 aliphatic rings. The number of hydrogen-bond donors (Lipinski definition) is 3. The molecule has 0 bridgehead atoms. The number of carbonyl (C=O) groups is 3. The van der Waals surface area contributed by atoms with E-state index in [1.165, 1.54) is 7.11 Å². The smallest absolute Gasteiger partial charge is 0.331 e. The van der Waals surface area contributed by atoms with Crippen LogP contribution in [-0.2, 0) is 9.53 Å². The van der Waals surface area contributed by atoms with Gasteiger partial charge in [0, 0.05) is 17.3 Å². The highest BCUT2D eigenvalue weighted by molar-refractivity contribution is 5.98. The van der Waals surface area contributed by atoms with Gasteiger partial charge in [-0.1, -0.05) is 6.92 Å². The first-order chi connectivity index (χ1) is 11.2. The van der Waals surface area contributed by atoms with Crippen LogP contribution < -0.4 is 16.0 Å². The van der Waals surface area contributed by atoms with E-state index in [9.17, 15) is 14.4 Å². The molecule has 1 atom stereocenters. The lowest BCUT2D eigenvalue weighted by Crippen LogP contribution is -2.52. The molecule has 1 aromatic carbocycles. The summed E-state index contributed by atoms with van der Waals surface area (Å²) >= 11 is 0. The van der Waals surface area contributed by atoms with Gasteiger partial charge in [0.1, 0.15) is 5.54 Å². The fourth-order valence-corrected chi connectivity index (χ4v) is 1.97. The van der Waals surface area contributed by atoms with Crippen molar-refractivity contribution >= 4 is 23.6 Å². The predicted molar refractivity (Wildman–Crippen MR) is 91.9 cm³/mol. The zero-order valence-corrected chi connectivity index (χ0v) is 14.7. The Hall–Kier alpha value is -2.57. The zero-order valence-electron chi connectivity index (χ0n) is 14.7. The van der Waals surface area contributed by atoms with E-state index in [1.807, 2.05) is 13.8 Å². The van der Waals surface area contributed by atoms with Gasteiger partial charge in [-0.25, -0.2) is 9.59 Å². The molecule has 3 amide bonds. The highest BCUT2D eigenvalue weighted by Crippen LogP contribution is 2.14. The van der Waals surface area contributed by atoms with Gasteiger partial charge in [0.2, 0.25) is 0 Å². The molecule has 0 fully saturated rings. The van der Waals surface area contributed by atoms with E-state index in [0.717, 1.165) is 0 Å². The van der Waals surface area contributed by atoms with Crippen LogP contribution in [-0.4, -0.2) is 36.6 Å². The number of hydrogen-bond acceptors (Lipinski definition) is 4. The molecule has 0 radical (unpaired) electrons. The largest absolute Gasteiger partial charge is 0.467 e. The van der Waals surface area contributed by atoms with Gasteiger partial charge in [-0.2, -0.15) is 0 Å². The molecule has 1 rings (SSSR count). The molecule has 24 heavy (non-hydrogen) atoms. The molecule has 7 heteroatoms. The molecule has 132 valence electrons. The highest BCUT2D eigenvalue weighted by Gasteiger charge is 2.34. The number of anilines is 1. The van der Waals surface area contributed by atoms with E-state index in [-0.39, 0.29) is 18.0 Å². The second kappa shape index (κ2) is 8.33. The van der Waals surface area contributed by atoms with Gasteiger partial charge in [-0.05, 0) is 51.5 Å². The maximum absolute atomic E-state index is 12.3. The Bertz CT molecular complexity index is 598. The van der Waals surface area contributed by atoms with Gasteiger partial charge in [-0.15, -0.1) is 0 Å². The van der Waals surface area contributed by atoms with Crippen molar-refractivity contribution in [3.05, 3.63) is 29.8 Å². The van der Waals surface area contributed by atoms with Crippen molar-refractivity contribution < 1.29 is 19.1 Å². The monoisotopic (exact) mass is 335 g/mol. The average Bonchev–Trinajstić information content (AvgIpc) is 2.53. The van der Waals surface area contributed by atoms with Crippen molar-refractivity contribution in [2.45, 2.75) is 45.7 Å². The summed E-state index contributed by atoms with van der Waals surface area (Å²) in [5.41, 5.74) is -0.135. The molecular weight excluding hydrogens is 310 g/mol. The van der Waals surface area contributed by atoms with Crippen molar-refractivity contribution in [1.29, 1.82) is 0 Å². The van der Waals surface area contributed by atoms with Crippen molar-refractivity contribution in [2.24, 2.45) is 0 Å². The van der Waals surface area contributed by atoms with E-state index in [4.69, 9.17) is 4.74 Å². The van der Waals surface area contributed by atoms with E-state index < -0.39 is 11.5 Å². The van der Waals surface area contributed by atoms with Crippen LogP contribution in [0.15, 0.2) is 24.3 Å². The third kappa shape index (κ3) is 5.26. The molecule has 0 aromatic heterocycles. The number of ether oxygens (including phenoxy) is 1. The van der Waals surface area contributed by atoms with Crippen LogP contribution in [0, 0.1) is 0 Å². The van der Waals surface area contributed by atoms with Crippen LogP contribution in [0.25, 0.3) is 0 Å². The lowest BCUT2D eigenvalue weighted by molar-refractivity contribution is -0.147. The predicted octanol–water partition coefficient (Wildman–Crippen LogP) is 2.29. The van der Waals surface area contributed by atoms with E-state index in [1.54, 1.807) is 38.1 Å². The Kier molecular flexibility index (Phi) is 6.76. The van der Waals surface area contributed by atoms with Gasteiger partial charge in [0.15, 0.2) is 0 Å². The number of rotatable bonds is 6. The number of nitrogens with one attached hydrogen (secondary N) is 3. The summed E-state index contributed by atoms with van der Waals surface area (Å²) in [7, 11) is 1.28. The minimum absolute atomic E-state index is 0.0279. The number of amides is 3. The van der Waals surface area contributed by atoms with Crippen LogP contribution in [0.2, 0.25) is 0 Å². The molecule has 0 aliphatic carbocycles. The first-order valence-corrected chi connectivity index (χ1v) is 7.80.